The van der Waals surface area contributed by atoms with Gasteiger partial charge in [-0.3, -0.25) is 4.79 Å². The summed E-state index contributed by atoms with van der Waals surface area (Å²) in [5.41, 5.74) is 0. The van der Waals surface area contributed by atoms with Gasteiger partial charge in [-0.1, -0.05) is 5.92 Å². The number of carbonyl (C=O) groups is 1. The number of hydrogen-bond acceptors (Lipinski definition) is 4. The van der Waals surface area contributed by atoms with Crippen LogP contribution < -0.4 is 0 Å². The van der Waals surface area contributed by atoms with Crippen molar-refractivity contribution in [2.45, 2.75) is 25.3 Å². The fraction of sp³-hybridized carbons (Fsp3) is 0.727. The second-order valence-corrected chi connectivity index (χ2v) is 6.34. The molecule has 0 bridgehead atoms. The second kappa shape index (κ2) is 6.03. The lowest BCUT2D eigenvalue weighted by Crippen LogP contribution is -2.41. The van der Waals surface area contributed by atoms with Crippen LogP contribution in [0.2, 0.25) is 0 Å². The first-order valence-corrected chi connectivity index (χ1v) is 7.36. The fourth-order valence-electron chi connectivity index (χ4n) is 1.91. The zero-order valence-corrected chi connectivity index (χ0v) is 10.4. The predicted molar refractivity (Wildman–Crippen MR) is 63.9 cm³/mol. The molecular weight excluding hydrogens is 242 g/mol. The molecule has 1 rings (SSSR count). The maximum absolute atomic E-state index is 11.8. The predicted octanol–water partition coefficient (Wildman–Crippen LogP) is -0.592. The molecule has 0 radical (unpaired) electrons. The van der Waals surface area contributed by atoms with Gasteiger partial charge in [0.2, 0.25) is 5.91 Å². The normalized spacial score (nSPS) is 22.0. The van der Waals surface area contributed by atoms with Gasteiger partial charge in [-0.2, -0.15) is 0 Å². The Hall–Kier alpha value is -1.06. The molecule has 1 atom stereocenters. The lowest BCUT2D eigenvalue weighted by atomic mass is 10.2. The van der Waals surface area contributed by atoms with Gasteiger partial charge in [0.1, 0.15) is 0 Å². The molecule has 0 aromatic rings. The lowest BCUT2D eigenvalue weighted by Gasteiger charge is -2.26. The first-order chi connectivity index (χ1) is 8.00. The summed E-state index contributed by atoms with van der Waals surface area (Å²) in [5.74, 6) is 2.31. The highest BCUT2D eigenvalue weighted by molar-refractivity contribution is 7.91. The molecule has 96 valence electrons. The maximum atomic E-state index is 11.8. The van der Waals surface area contributed by atoms with Crippen LogP contribution in [0.15, 0.2) is 0 Å². The van der Waals surface area contributed by atoms with Crippen molar-refractivity contribution < 1.29 is 18.3 Å². The third-order valence-corrected chi connectivity index (χ3v) is 4.53. The average molecular weight is 259 g/mol. The SMILES string of the molecule is C#CCN(C(=O)CCCO)C1CCS(=O)(=O)C1. The molecular formula is C11H17NO4S. The van der Waals surface area contributed by atoms with Gasteiger partial charge in [0, 0.05) is 19.1 Å². The summed E-state index contributed by atoms with van der Waals surface area (Å²) in [4.78, 5) is 13.3. The summed E-state index contributed by atoms with van der Waals surface area (Å²) in [6.45, 7) is 0.0725. The van der Waals surface area contributed by atoms with Crippen molar-refractivity contribution >= 4 is 15.7 Å². The van der Waals surface area contributed by atoms with Crippen LogP contribution in [-0.4, -0.2) is 55.0 Å². The van der Waals surface area contributed by atoms with E-state index in [0.717, 1.165) is 0 Å². The molecule has 1 N–H and O–H groups in total. The van der Waals surface area contributed by atoms with Crippen LogP contribution in [0.25, 0.3) is 0 Å². The summed E-state index contributed by atoms with van der Waals surface area (Å²) in [6, 6.07) is -0.303. The molecule has 1 heterocycles. The molecule has 0 spiro atoms. The van der Waals surface area contributed by atoms with E-state index in [-0.39, 0.29) is 43.0 Å². The minimum Gasteiger partial charge on any atom is -0.396 e. The lowest BCUT2D eigenvalue weighted by molar-refractivity contribution is -0.132. The zero-order chi connectivity index (χ0) is 12.9. The Morgan fingerprint density at radius 3 is 2.71 bits per heavy atom. The van der Waals surface area contributed by atoms with Crippen LogP contribution in [0.3, 0.4) is 0 Å². The van der Waals surface area contributed by atoms with Crippen LogP contribution in [0.5, 0.6) is 0 Å². The standard InChI is InChI=1S/C11H17NO4S/c1-2-6-12(11(14)4-3-7-13)10-5-8-17(15,16)9-10/h1,10,13H,3-9H2. The molecule has 5 nitrogen and oxygen atoms in total. The number of rotatable bonds is 5. The van der Waals surface area contributed by atoms with Crippen LogP contribution >= 0.6 is 0 Å². The Balaban J connectivity index is 2.67. The van der Waals surface area contributed by atoms with Crippen LogP contribution in [0.4, 0.5) is 0 Å². The van der Waals surface area contributed by atoms with E-state index in [1.807, 2.05) is 0 Å². The van der Waals surface area contributed by atoms with Gasteiger partial charge >= 0.3 is 0 Å². The quantitative estimate of drug-likeness (QED) is 0.670. The van der Waals surface area contributed by atoms with E-state index in [1.165, 1.54) is 4.90 Å². The molecule has 1 unspecified atom stereocenters. The van der Waals surface area contributed by atoms with Gasteiger partial charge in [-0.25, -0.2) is 8.42 Å². The maximum Gasteiger partial charge on any atom is 0.223 e. The number of sulfone groups is 1. The molecule has 17 heavy (non-hydrogen) atoms. The van der Waals surface area contributed by atoms with Gasteiger partial charge in [0.25, 0.3) is 0 Å². The minimum absolute atomic E-state index is 0.000451. The summed E-state index contributed by atoms with van der Waals surface area (Å²) < 4.78 is 22.7. The number of amides is 1. The summed E-state index contributed by atoms with van der Waals surface area (Å²) in [5, 5.41) is 8.67. The van der Waals surface area contributed by atoms with Crippen molar-refractivity contribution in [3.8, 4) is 12.3 Å². The van der Waals surface area contributed by atoms with Crippen LogP contribution in [0.1, 0.15) is 19.3 Å². The second-order valence-electron chi connectivity index (χ2n) is 4.11. The zero-order valence-electron chi connectivity index (χ0n) is 9.63. The highest BCUT2D eigenvalue weighted by atomic mass is 32.2. The van der Waals surface area contributed by atoms with E-state index >= 15 is 0 Å². The van der Waals surface area contributed by atoms with Crippen molar-refractivity contribution in [3.05, 3.63) is 0 Å². The Kier molecular flexibility index (Phi) is 4.97. The molecule has 1 aliphatic heterocycles. The highest BCUT2D eigenvalue weighted by Crippen LogP contribution is 2.18. The fourth-order valence-corrected chi connectivity index (χ4v) is 3.65. The smallest absolute Gasteiger partial charge is 0.223 e. The number of nitrogens with zero attached hydrogens (tertiary/aromatic N) is 1. The van der Waals surface area contributed by atoms with Crippen LogP contribution in [-0.2, 0) is 14.6 Å². The van der Waals surface area contributed by atoms with Crippen molar-refractivity contribution in [2.24, 2.45) is 0 Å². The van der Waals surface area contributed by atoms with Crippen molar-refractivity contribution in [1.82, 2.24) is 4.90 Å². The molecule has 0 aromatic heterocycles. The first kappa shape index (κ1) is 14.0. The van der Waals surface area contributed by atoms with E-state index in [1.54, 1.807) is 0 Å². The summed E-state index contributed by atoms with van der Waals surface area (Å²) >= 11 is 0. The van der Waals surface area contributed by atoms with Gasteiger partial charge in [0.15, 0.2) is 9.84 Å². The number of carbonyl (C=O) groups excluding carboxylic acids is 1. The first-order valence-electron chi connectivity index (χ1n) is 5.54. The molecule has 1 saturated heterocycles. The number of aliphatic hydroxyl groups excluding tert-OH is 1. The third-order valence-electron chi connectivity index (χ3n) is 2.78. The summed E-state index contributed by atoms with van der Waals surface area (Å²) in [6.07, 6.45) is 6.22. The number of aliphatic hydroxyl groups is 1. The Morgan fingerprint density at radius 1 is 1.53 bits per heavy atom. The van der Waals surface area contributed by atoms with Gasteiger partial charge < -0.3 is 10.0 Å². The average Bonchev–Trinajstić information content (AvgIpc) is 2.63. The molecule has 1 fully saturated rings. The van der Waals surface area contributed by atoms with E-state index in [2.05, 4.69) is 5.92 Å². The van der Waals surface area contributed by atoms with Crippen molar-refractivity contribution in [3.63, 3.8) is 0 Å². The molecule has 0 aromatic carbocycles. The molecule has 0 aliphatic carbocycles. The largest absolute Gasteiger partial charge is 0.396 e. The topological polar surface area (TPSA) is 74.7 Å². The highest BCUT2D eigenvalue weighted by Gasteiger charge is 2.33. The van der Waals surface area contributed by atoms with Crippen molar-refractivity contribution in [2.75, 3.05) is 24.7 Å². The Morgan fingerprint density at radius 2 is 2.24 bits per heavy atom. The van der Waals surface area contributed by atoms with Gasteiger partial charge in [0.05, 0.1) is 18.1 Å². The molecule has 0 saturated carbocycles. The van der Waals surface area contributed by atoms with Crippen molar-refractivity contribution in [1.29, 1.82) is 0 Å². The van der Waals surface area contributed by atoms with Gasteiger partial charge in [-0.15, -0.1) is 6.42 Å². The van der Waals surface area contributed by atoms with E-state index in [0.29, 0.717) is 12.8 Å². The van der Waals surface area contributed by atoms with E-state index in [9.17, 15) is 13.2 Å². The Bertz CT molecular complexity index is 410. The van der Waals surface area contributed by atoms with E-state index < -0.39 is 9.84 Å². The third kappa shape index (κ3) is 4.02. The monoisotopic (exact) mass is 259 g/mol. The molecule has 1 aliphatic rings. The minimum atomic E-state index is -3.02. The van der Waals surface area contributed by atoms with E-state index in [4.69, 9.17) is 11.5 Å². The van der Waals surface area contributed by atoms with Gasteiger partial charge in [-0.05, 0) is 12.8 Å². The van der Waals surface area contributed by atoms with Crippen LogP contribution in [0, 0.1) is 12.3 Å². The number of hydrogen-bond donors (Lipinski definition) is 1. The molecule has 6 heteroatoms. The summed E-state index contributed by atoms with van der Waals surface area (Å²) in [7, 11) is -3.02. The molecule has 1 amide bonds. The number of terminal acetylenes is 1. The Labute approximate surface area is 102 Å².